The first-order valence-electron chi connectivity index (χ1n) is 8.11. The number of piperidine rings is 1. The number of hydrogen-bond acceptors (Lipinski definition) is 2. The molecule has 0 aromatic heterocycles. The second kappa shape index (κ2) is 6.62. The van der Waals surface area contributed by atoms with E-state index in [1.54, 1.807) is 0 Å². The summed E-state index contributed by atoms with van der Waals surface area (Å²) in [6.07, 6.45) is 5.31. The highest BCUT2D eigenvalue weighted by molar-refractivity contribution is 5.54. The van der Waals surface area contributed by atoms with E-state index in [2.05, 4.69) is 62.2 Å². The molecular weight excluding hydrogens is 244 g/mol. The molecule has 1 heterocycles. The highest BCUT2D eigenvalue weighted by Gasteiger charge is 2.23. The van der Waals surface area contributed by atoms with Crippen LogP contribution in [-0.4, -0.2) is 18.1 Å². The third kappa shape index (κ3) is 3.99. The third-order valence-corrected chi connectivity index (χ3v) is 4.21. The summed E-state index contributed by atoms with van der Waals surface area (Å²) >= 11 is 0. The molecule has 20 heavy (non-hydrogen) atoms. The molecule has 0 amide bonds. The summed E-state index contributed by atoms with van der Waals surface area (Å²) in [7, 11) is 0. The van der Waals surface area contributed by atoms with Gasteiger partial charge >= 0.3 is 0 Å². The van der Waals surface area contributed by atoms with Crippen molar-refractivity contribution in [2.24, 2.45) is 0 Å². The van der Waals surface area contributed by atoms with Gasteiger partial charge in [-0.2, -0.15) is 0 Å². The zero-order chi connectivity index (χ0) is 14.6. The zero-order valence-corrected chi connectivity index (χ0v) is 13.6. The summed E-state index contributed by atoms with van der Waals surface area (Å²) < 4.78 is 0. The number of rotatable bonds is 4. The average molecular weight is 274 g/mol. The van der Waals surface area contributed by atoms with Crippen molar-refractivity contribution < 1.29 is 0 Å². The lowest BCUT2D eigenvalue weighted by atomic mass is 9.97. The van der Waals surface area contributed by atoms with Crippen molar-refractivity contribution in [1.29, 1.82) is 0 Å². The summed E-state index contributed by atoms with van der Waals surface area (Å²) in [4.78, 5) is 2.64. The summed E-state index contributed by atoms with van der Waals surface area (Å²) in [6.45, 7) is 11.2. The molecule has 112 valence electrons. The minimum atomic E-state index is 0.166. The Morgan fingerprint density at radius 2 is 1.95 bits per heavy atom. The van der Waals surface area contributed by atoms with Gasteiger partial charge in [-0.15, -0.1) is 0 Å². The molecule has 1 aliphatic rings. The molecule has 1 aromatic carbocycles. The molecule has 1 aromatic rings. The van der Waals surface area contributed by atoms with E-state index < -0.39 is 0 Å². The molecule has 2 nitrogen and oxygen atoms in total. The van der Waals surface area contributed by atoms with Gasteiger partial charge < -0.3 is 10.2 Å². The monoisotopic (exact) mass is 274 g/mol. The van der Waals surface area contributed by atoms with Gasteiger partial charge in [0.1, 0.15) is 0 Å². The van der Waals surface area contributed by atoms with Gasteiger partial charge in [0.15, 0.2) is 0 Å². The van der Waals surface area contributed by atoms with Crippen molar-refractivity contribution >= 4 is 5.69 Å². The summed E-state index contributed by atoms with van der Waals surface area (Å²) in [5.74, 6) is 0. The molecule has 1 aliphatic heterocycles. The van der Waals surface area contributed by atoms with E-state index >= 15 is 0 Å². The summed E-state index contributed by atoms with van der Waals surface area (Å²) in [6, 6.07) is 9.63. The van der Waals surface area contributed by atoms with E-state index in [9.17, 15) is 0 Å². The van der Waals surface area contributed by atoms with Crippen LogP contribution in [0.15, 0.2) is 24.3 Å². The van der Waals surface area contributed by atoms with Crippen molar-refractivity contribution in [2.75, 3.05) is 11.4 Å². The average Bonchev–Trinajstić information content (AvgIpc) is 2.44. The fourth-order valence-electron chi connectivity index (χ4n) is 3.04. The second-order valence-corrected chi connectivity index (χ2v) is 6.98. The molecule has 0 radical (unpaired) electrons. The molecule has 1 saturated heterocycles. The van der Waals surface area contributed by atoms with Crippen LogP contribution in [0, 0.1) is 0 Å². The van der Waals surface area contributed by atoms with E-state index in [4.69, 9.17) is 0 Å². The molecule has 0 spiro atoms. The van der Waals surface area contributed by atoms with Crippen LogP contribution in [-0.2, 0) is 6.54 Å². The van der Waals surface area contributed by atoms with E-state index in [0.717, 1.165) is 12.6 Å². The Morgan fingerprint density at radius 3 is 2.65 bits per heavy atom. The Hall–Kier alpha value is -1.02. The van der Waals surface area contributed by atoms with Crippen molar-refractivity contribution in [1.82, 2.24) is 5.32 Å². The largest absolute Gasteiger partial charge is 0.368 e. The maximum atomic E-state index is 3.62. The fraction of sp³-hybridized carbons (Fsp3) is 0.667. The van der Waals surface area contributed by atoms with Crippen molar-refractivity contribution in [3.05, 3.63) is 29.8 Å². The minimum absolute atomic E-state index is 0.166. The molecule has 1 N–H and O–H groups in total. The Kier molecular flexibility index (Phi) is 5.09. The van der Waals surface area contributed by atoms with Gasteiger partial charge in [-0.05, 0) is 58.1 Å². The maximum absolute atomic E-state index is 3.62. The molecule has 2 heteroatoms. The third-order valence-electron chi connectivity index (χ3n) is 4.21. The van der Waals surface area contributed by atoms with Crippen LogP contribution in [0.4, 0.5) is 5.69 Å². The van der Waals surface area contributed by atoms with Crippen molar-refractivity contribution in [2.45, 2.75) is 71.5 Å². The van der Waals surface area contributed by atoms with Crippen LogP contribution in [0.1, 0.15) is 58.9 Å². The predicted octanol–water partition coefficient (Wildman–Crippen LogP) is 4.34. The highest BCUT2D eigenvalue weighted by Crippen LogP contribution is 2.29. The van der Waals surface area contributed by atoms with Crippen LogP contribution in [0.3, 0.4) is 0 Å². The van der Waals surface area contributed by atoms with Crippen LogP contribution < -0.4 is 10.2 Å². The topological polar surface area (TPSA) is 15.3 Å². The maximum Gasteiger partial charge on any atom is 0.0414 e. The first-order chi connectivity index (χ1) is 9.51. The van der Waals surface area contributed by atoms with Gasteiger partial charge in [-0.3, -0.25) is 0 Å². The zero-order valence-electron chi connectivity index (χ0n) is 13.6. The Bertz CT molecular complexity index is 420. The van der Waals surface area contributed by atoms with Crippen LogP contribution in [0.25, 0.3) is 0 Å². The molecule has 1 atom stereocenters. The first kappa shape index (κ1) is 15.4. The molecule has 0 bridgehead atoms. The summed E-state index contributed by atoms with van der Waals surface area (Å²) in [5, 5.41) is 3.62. The normalized spacial score (nSPS) is 20.2. The highest BCUT2D eigenvalue weighted by atomic mass is 15.2. The Morgan fingerprint density at radius 1 is 1.20 bits per heavy atom. The van der Waals surface area contributed by atoms with E-state index in [1.165, 1.54) is 43.5 Å². The van der Waals surface area contributed by atoms with Crippen molar-refractivity contribution in [3.8, 4) is 0 Å². The summed E-state index contributed by atoms with van der Waals surface area (Å²) in [5.41, 5.74) is 3.04. The number of nitrogens with zero attached hydrogens (tertiary/aromatic N) is 1. The van der Waals surface area contributed by atoms with Gasteiger partial charge in [0.05, 0.1) is 0 Å². The Labute approximate surface area is 124 Å². The number of anilines is 1. The second-order valence-electron chi connectivity index (χ2n) is 6.98. The number of nitrogens with one attached hydrogen (secondary N) is 1. The number of hydrogen-bond donors (Lipinski definition) is 1. The van der Waals surface area contributed by atoms with Gasteiger partial charge in [0, 0.05) is 30.4 Å². The lowest BCUT2D eigenvalue weighted by Crippen LogP contribution is -2.40. The molecule has 1 unspecified atom stereocenters. The number of para-hydroxylation sites is 1. The fourth-order valence-corrected chi connectivity index (χ4v) is 3.04. The molecule has 0 saturated carbocycles. The SMILES string of the molecule is CCC1CCCCN1c1ccccc1CNC(C)(C)C. The molecule has 1 fully saturated rings. The smallest absolute Gasteiger partial charge is 0.0414 e. The van der Waals surface area contributed by atoms with Crippen LogP contribution in [0.5, 0.6) is 0 Å². The van der Waals surface area contributed by atoms with E-state index in [1.807, 2.05) is 0 Å². The Balaban J connectivity index is 2.18. The van der Waals surface area contributed by atoms with E-state index in [0.29, 0.717) is 0 Å². The van der Waals surface area contributed by atoms with Gasteiger partial charge in [-0.25, -0.2) is 0 Å². The number of benzene rings is 1. The lowest BCUT2D eigenvalue weighted by molar-refractivity contribution is 0.420. The quantitative estimate of drug-likeness (QED) is 0.878. The minimum Gasteiger partial charge on any atom is -0.368 e. The van der Waals surface area contributed by atoms with Crippen LogP contribution >= 0.6 is 0 Å². The van der Waals surface area contributed by atoms with Gasteiger partial charge in [0.25, 0.3) is 0 Å². The first-order valence-corrected chi connectivity index (χ1v) is 8.11. The predicted molar refractivity (Wildman–Crippen MR) is 88.3 cm³/mol. The van der Waals surface area contributed by atoms with Crippen LogP contribution in [0.2, 0.25) is 0 Å². The van der Waals surface area contributed by atoms with E-state index in [-0.39, 0.29) is 5.54 Å². The van der Waals surface area contributed by atoms with Crippen molar-refractivity contribution in [3.63, 3.8) is 0 Å². The van der Waals surface area contributed by atoms with Gasteiger partial charge in [-0.1, -0.05) is 25.1 Å². The van der Waals surface area contributed by atoms with Gasteiger partial charge in [0.2, 0.25) is 0 Å². The molecule has 0 aliphatic carbocycles. The lowest BCUT2D eigenvalue weighted by Gasteiger charge is -2.38. The standard InChI is InChI=1S/C18H30N2/c1-5-16-11-8-9-13-20(16)17-12-7-6-10-15(17)14-19-18(2,3)4/h6-7,10,12,16,19H,5,8-9,11,13-14H2,1-4H3. The molecule has 2 rings (SSSR count). The molecular formula is C18H30N2.